The molecule has 3 aliphatic carbocycles. The molecule has 5 unspecified atom stereocenters. The molecule has 3 aliphatic rings. The van der Waals surface area contributed by atoms with Crippen molar-refractivity contribution in [3.8, 4) is 0 Å². The fourth-order valence-electron chi connectivity index (χ4n) is 5.49. The molecule has 0 amide bonds. The fourth-order valence-corrected chi connectivity index (χ4v) is 5.65. The number of aryl methyl sites for hydroxylation is 1. The number of hydrogen-bond acceptors (Lipinski definition) is 1. The summed E-state index contributed by atoms with van der Waals surface area (Å²) in [5, 5.41) is -0.0178. The van der Waals surface area contributed by atoms with Gasteiger partial charge in [-0.15, -0.1) is 11.6 Å². The Balaban J connectivity index is 1.69. The van der Waals surface area contributed by atoms with E-state index in [1.165, 1.54) is 30.3 Å². The zero-order chi connectivity index (χ0) is 14.3. The van der Waals surface area contributed by atoms with Gasteiger partial charge in [0.2, 0.25) is 0 Å². The maximum atomic E-state index is 6.47. The van der Waals surface area contributed by atoms with Gasteiger partial charge in [0.15, 0.2) is 0 Å². The molecule has 110 valence electrons. The van der Waals surface area contributed by atoms with Crippen LogP contribution in [0.15, 0.2) is 18.2 Å². The van der Waals surface area contributed by atoms with Crippen molar-refractivity contribution >= 4 is 22.6 Å². The highest BCUT2D eigenvalue weighted by Gasteiger charge is 2.66. The van der Waals surface area contributed by atoms with Crippen molar-refractivity contribution < 1.29 is 0 Å². The van der Waals surface area contributed by atoms with Gasteiger partial charge in [-0.25, -0.2) is 4.98 Å². The highest BCUT2D eigenvalue weighted by Crippen LogP contribution is 2.72. The Kier molecular flexibility index (Phi) is 2.41. The topological polar surface area (TPSA) is 17.8 Å². The first-order valence-corrected chi connectivity index (χ1v) is 8.72. The Hall–Kier alpha value is -1.02. The molecule has 2 nitrogen and oxygen atoms in total. The number of hydrogen-bond donors (Lipinski definition) is 0. The van der Waals surface area contributed by atoms with E-state index in [1.54, 1.807) is 0 Å². The van der Waals surface area contributed by atoms with Crippen LogP contribution in [0.4, 0.5) is 0 Å². The van der Waals surface area contributed by atoms with Crippen LogP contribution in [0.5, 0.6) is 0 Å². The number of para-hydroxylation sites is 1. The van der Waals surface area contributed by atoms with Crippen LogP contribution in [0.25, 0.3) is 11.0 Å². The minimum Gasteiger partial charge on any atom is -0.323 e. The summed E-state index contributed by atoms with van der Waals surface area (Å²) in [5.41, 5.74) is 3.72. The number of imidazole rings is 1. The van der Waals surface area contributed by atoms with Crippen molar-refractivity contribution in [2.24, 2.45) is 23.7 Å². The number of halogens is 1. The van der Waals surface area contributed by atoms with Crippen LogP contribution in [-0.4, -0.2) is 9.55 Å². The maximum Gasteiger partial charge on any atom is 0.128 e. The van der Waals surface area contributed by atoms with Crippen molar-refractivity contribution in [1.82, 2.24) is 9.55 Å². The van der Waals surface area contributed by atoms with Gasteiger partial charge in [-0.3, -0.25) is 0 Å². The average Bonchev–Trinajstić information content (AvgIpc) is 2.82. The van der Waals surface area contributed by atoms with E-state index in [1.807, 2.05) is 0 Å². The first-order chi connectivity index (χ1) is 10.2. The summed E-state index contributed by atoms with van der Waals surface area (Å²) in [4.78, 5) is 4.90. The quantitative estimate of drug-likeness (QED) is 0.724. The lowest BCUT2D eigenvalue weighted by Gasteiger charge is -2.15. The third-order valence-corrected chi connectivity index (χ3v) is 6.49. The third-order valence-electron chi connectivity index (χ3n) is 6.30. The predicted molar refractivity (Wildman–Crippen MR) is 85.6 cm³/mol. The van der Waals surface area contributed by atoms with E-state index in [2.05, 4.69) is 36.6 Å². The van der Waals surface area contributed by atoms with Crippen LogP contribution in [0.3, 0.4) is 0 Å². The second-order valence-corrected chi connectivity index (χ2v) is 8.03. The van der Waals surface area contributed by atoms with Crippen molar-refractivity contribution in [3.05, 3.63) is 29.6 Å². The molecule has 1 aromatic carbocycles. The first-order valence-electron chi connectivity index (χ1n) is 8.28. The van der Waals surface area contributed by atoms with Gasteiger partial charge in [-0.05, 0) is 68.4 Å². The lowest BCUT2D eigenvalue weighted by atomic mass is 10.0. The highest BCUT2D eigenvalue weighted by atomic mass is 35.5. The van der Waals surface area contributed by atoms with E-state index >= 15 is 0 Å². The molecule has 3 saturated carbocycles. The number of alkyl halides is 1. The van der Waals surface area contributed by atoms with E-state index in [9.17, 15) is 0 Å². The molecule has 5 rings (SSSR count). The predicted octanol–water partition coefficient (Wildman–Crippen LogP) is 4.86. The summed E-state index contributed by atoms with van der Waals surface area (Å²) in [6.45, 7) is 4.21. The van der Waals surface area contributed by atoms with E-state index in [0.717, 1.165) is 35.0 Å². The van der Waals surface area contributed by atoms with Crippen LogP contribution in [0.1, 0.15) is 49.0 Å². The molecule has 2 aromatic rings. The molecular formula is C18H21ClN2. The molecule has 1 heterocycles. The Bertz CT molecular complexity index is 716. The van der Waals surface area contributed by atoms with Gasteiger partial charge in [-0.1, -0.05) is 12.1 Å². The zero-order valence-corrected chi connectivity index (χ0v) is 13.3. The summed E-state index contributed by atoms with van der Waals surface area (Å²) >= 11 is 6.47. The van der Waals surface area contributed by atoms with Gasteiger partial charge < -0.3 is 4.57 Å². The number of nitrogens with zero attached hydrogens (tertiary/aromatic N) is 2. The first kappa shape index (κ1) is 12.5. The van der Waals surface area contributed by atoms with Gasteiger partial charge in [0.25, 0.3) is 0 Å². The highest BCUT2D eigenvalue weighted by molar-refractivity contribution is 6.20. The van der Waals surface area contributed by atoms with Crippen LogP contribution >= 0.6 is 11.6 Å². The van der Waals surface area contributed by atoms with Crippen LogP contribution in [0.2, 0.25) is 0 Å². The Morgan fingerprint density at radius 2 is 1.95 bits per heavy atom. The number of fused-ring (bicyclic) bond motifs is 6. The normalized spacial score (nSPS) is 38.0. The average molecular weight is 301 g/mol. The van der Waals surface area contributed by atoms with Gasteiger partial charge in [0.1, 0.15) is 5.82 Å². The van der Waals surface area contributed by atoms with Crippen molar-refractivity contribution in [3.63, 3.8) is 0 Å². The molecule has 3 heteroatoms. The number of benzene rings is 1. The molecule has 1 aromatic heterocycles. The summed E-state index contributed by atoms with van der Waals surface area (Å²) in [7, 11) is 0. The van der Waals surface area contributed by atoms with E-state index < -0.39 is 0 Å². The largest absolute Gasteiger partial charge is 0.323 e. The SMILES string of the molecule is Cc1cccc2c1nc(C(C)Cl)n2C1C2C3CCC(C3)C21. The Labute approximate surface area is 130 Å². The molecule has 5 atom stereocenters. The molecule has 0 N–H and O–H groups in total. The summed E-state index contributed by atoms with van der Waals surface area (Å²) in [6, 6.07) is 7.22. The van der Waals surface area contributed by atoms with Gasteiger partial charge in [0, 0.05) is 6.04 Å². The minimum atomic E-state index is -0.0178. The minimum absolute atomic E-state index is 0.0178. The second kappa shape index (κ2) is 4.04. The molecule has 0 saturated heterocycles. The molecule has 0 spiro atoms. The van der Waals surface area contributed by atoms with Gasteiger partial charge in [0.05, 0.1) is 16.4 Å². The smallest absolute Gasteiger partial charge is 0.128 e. The summed E-state index contributed by atoms with van der Waals surface area (Å²) in [6.07, 6.45) is 4.41. The van der Waals surface area contributed by atoms with Crippen molar-refractivity contribution in [2.75, 3.05) is 0 Å². The Morgan fingerprint density at radius 3 is 2.62 bits per heavy atom. The van der Waals surface area contributed by atoms with Crippen LogP contribution in [0, 0.1) is 30.6 Å². The zero-order valence-electron chi connectivity index (χ0n) is 12.6. The van der Waals surface area contributed by atoms with E-state index in [4.69, 9.17) is 16.6 Å². The standard InChI is InChI=1S/C18H21ClN2/c1-9-4-3-5-13-16(9)20-18(10(2)19)21(13)17-14-11-6-7-12(8-11)15(14)17/h3-5,10-12,14-15,17H,6-8H2,1-2H3. The number of aromatic nitrogens is 2. The molecular weight excluding hydrogens is 280 g/mol. The van der Waals surface area contributed by atoms with E-state index in [-0.39, 0.29) is 5.38 Å². The van der Waals surface area contributed by atoms with Crippen LogP contribution in [-0.2, 0) is 0 Å². The van der Waals surface area contributed by atoms with Gasteiger partial charge >= 0.3 is 0 Å². The molecule has 0 radical (unpaired) electrons. The molecule has 2 bridgehead atoms. The molecule has 0 aliphatic heterocycles. The molecule has 21 heavy (non-hydrogen) atoms. The van der Waals surface area contributed by atoms with Crippen LogP contribution < -0.4 is 0 Å². The maximum absolute atomic E-state index is 6.47. The monoisotopic (exact) mass is 300 g/mol. The second-order valence-electron chi connectivity index (χ2n) is 7.38. The lowest BCUT2D eigenvalue weighted by Crippen LogP contribution is -2.09. The number of rotatable bonds is 2. The summed E-state index contributed by atoms with van der Waals surface area (Å²) in [5.74, 6) is 4.86. The summed E-state index contributed by atoms with van der Waals surface area (Å²) < 4.78 is 2.51. The van der Waals surface area contributed by atoms with Gasteiger partial charge in [-0.2, -0.15) is 0 Å². The van der Waals surface area contributed by atoms with Crippen molar-refractivity contribution in [1.29, 1.82) is 0 Å². The lowest BCUT2D eigenvalue weighted by molar-refractivity contribution is 0.451. The Morgan fingerprint density at radius 1 is 1.24 bits per heavy atom. The van der Waals surface area contributed by atoms with Crippen molar-refractivity contribution in [2.45, 2.75) is 44.5 Å². The van der Waals surface area contributed by atoms with E-state index in [0.29, 0.717) is 6.04 Å². The molecule has 3 fully saturated rings. The third kappa shape index (κ3) is 1.52. The fraction of sp³-hybridized carbons (Fsp3) is 0.611.